The lowest BCUT2D eigenvalue weighted by Gasteiger charge is -2.04. The topological polar surface area (TPSA) is 55.1 Å². The molecule has 0 radical (unpaired) electrons. The number of Topliss-reactive ketones (excluding diaryl/α,β-unsaturated/α-hetero) is 1. The number of nitrogens with zero attached hydrogens (tertiary/aromatic N) is 2. The van der Waals surface area contributed by atoms with Crippen molar-refractivity contribution in [1.29, 1.82) is 0 Å². The van der Waals surface area contributed by atoms with Gasteiger partial charge in [0.15, 0.2) is 11.6 Å². The molecule has 1 aliphatic rings. The van der Waals surface area contributed by atoms with E-state index in [2.05, 4.69) is 4.98 Å². The summed E-state index contributed by atoms with van der Waals surface area (Å²) in [6.07, 6.45) is 2.17. The molecule has 1 fully saturated rings. The number of fused-ring (bicyclic) bond motifs is 1. The van der Waals surface area contributed by atoms with E-state index >= 15 is 0 Å². The maximum absolute atomic E-state index is 11.5. The minimum Gasteiger partial charge on any atom is -0.508 e. The Balaban J connectivity index is 2.33. The highest BCUT2D eigenvalue weighted by atomic mass is 16.3. The molecular formula is C12H12N2O2. The van der Waals surface area contributed by atoms with Crippen molar-refractivity contribution in [1.82, 2.24) is 9.55 Å². The molecule has 0 unspecified atom stereocenters. The zero-order valence-corrected chi connectivity index (χ0v) is 8.97. The number of hydrogen-bond donors (Lipinski definition) is 1. The molecular weight excluding hydrogens is 204 g/mol. The van der Waals surface area contributed by atoms with Crippen molar-refractivity contribution in [3.63, 3.8) is 0 Å². The Bertz CT molecular complexity index is 582. The minimum atomic E-state index is -0.0254. The predicted octanol–water partition coefficient (Wildman–Crippen LogP) is 2.28. The van der Waals surface area contributed by atoms with E-state index in [-0.39, 0.29) is 11.5 Å². The first-order chi connectivity index (χ1) is 7.66. The average Bonchev–Trinajstić information content (AvgIpc) is 2.99. The SMILES string of the molecule is CC(=O)c1nc2ccc(O)cc2n1C1CC1. The fourth-order valence-electron chi connectivity index (χ4n) is 2.03. The quantitative estimate of drug-likeness (QED) is 0.783. The molecule has 1 N–H and O–H groups in total. The van der Waals surface area contributed by atoms with Gasteiger partial charge in [-0.25, -0.2) is 4.98 Å². The Labute approximate surface area is 92.5 Å². The lowest BCUT2D eigenvalue weighted by molar-refractivity contribution is 0.1000. The van der Waals surface area contributed by atoms with Crippen LogP contribution in [0.4, 0.5) is 0 Å². The molecule has 1 aromatic heterocycles. The van der Waals surface area contributed by atoms with Crippen molar-refractivity contribution in [2.24, 2.45) is 0 Å². The van der Waals surface area contributed by atoms with Crippen LogP contribution in [0.3, 0.4) is 0 Å². The van der Waals surface area contributed by atoms with Crippen molar-refractivity contribution < 1.29 is 9.90 Å². The number of aromatic nitrogens is 2. The van der Waals surface area contributed by atoms with E-state index in [1.54, 1.807) is 18.2 Å². The highest BCUT2D eigenvalue weighted by molar-refractivity contribution is 5.95. The summed E-state index contributed by atoms with van der Waals surface area (Å²) in [5.41, 5.74) is 1.63. The van der Waals surface area contributed by atoms with Gasteiger partial charge < -0.3 is 9.67 Å². The summed E-state index contributed by atoms with van der Waals surface area (Å²) in [6.45, 7) is 1.53. The van der Waals surface area contributed by atoms with E-state index in [9.17, 15) is 9.90 Å². The third-order valence-electron chi connectivity index (χ3n) is 2.90. The first kappa shape index (κ1) is 9.39. The number of carbonyl (C=O) groups is 1. The highest BCUT2D eigenvalue weighted by Gasteiger charge is 2.29. The summed E-state index contributed by atoms with van der Waals surface area (Å²) in [7, 11) is 0. The van der Waals surface area contributed by atoms with Crippen LogP contribution in [-0.2, 0) is 0 Å². The predicted molar refractivity (Wildman–Crippen MR) is 59.7 cm³/mol. The van der Waals surface area contributed by atoms with Crippen LogP contribution in [0.25, 0.3) is 11.0 Å². The lowest BCUT2D eigenvalue weighted by atomic mass is 10.3. The van der Waals surface area contributed by atoms with Crippen LogP contribution in [-0.4, -0.2) is 20.4 Å². The first-order valence-corrected chi connectivity index (χ1v) is 5.38. The van der Waals surface area contributed by atoms with Gasteiger partial charge in [0, 0.05) is 19.0 Å². The van der Waals surface area contributed by atoms with Crippen LogP contribution in [0.2, 0.25) is 0 Å². The van der Waals surface area contributed by atoms with Crippen LogP contribution >= 0.6 is 0 Å². The van der Waals surface area contributed by atoms with E-state index in [1.807, 2.05) is 4.57 Å². The van der Waals surface area contributed by atoms with Crippen molar-refractivity contribution in [2.45, 2.75) is 25.8 Å². The fourth-order valence-corrected chi connectivity index (χ4v) is 2.03. The van der Waals surface area contributed by atoms with E-state index in [0.29, 0.717) is 11.9 Å². The number of benzene rings is 1. The molecule has 0 saturated heterocycles. The Hall–Kier alpha value is -1.84. The smallest absolute Gasteiger partial charge is 0.195 e. The molecule has 0 spiro atoms. The van der Waals surface area contributed by atoms with E-state index < -0.39 is 0 Å². The van der Waals surface area contributed by atoms with Crippen molar-refractivity contribution in [3.05, 3.63) is 24.0 Å². The molecule has 82 valence electrons. The van der Waals surface area contributed by atoms with Crippen molar-refractivity contribution in [2.75, 3.05) is 0 Å². The van der Waals surface area contributed by atoms with E-state index in [1.165, 1.54) is 6.92 Å². The number of aromatic hydroxyl groups is 1. The van der Waals surface area contributed by atoms with Gasteiger partial charge in [-0.3, -0.25) is 4.79 Å². The van der Waals surface area contributed by atoms with Crippen molar-refractivity contribution in [3.8, 4) is 5.75 Å². The summed E-state index contributed by atoms with van der Waals surface area (Å²) in [5, 5.41) is 9.48. The van der Waals surface area contributed by atoms with Crippen LogP contribution < -0.4 is 0 Å². The molecule has 16 heavy (non-hydrogen) atoms. The van der Waals surface area contributed by atoms with Crippen molar-refractivity contribution >= 4 is 16.8 Å². The highest BCUT2D eigenvalue weighted by Crippen LogP contribution is 2.39. The fraction of sp³-hybridized carbons (Fsp3) is 0.333. The maximum Gasteiger partial charge on any atom is 0.195 e. The zero-order valence-electron chi connectivity index (χ0n) is 8.97. The third-order valence-corrected chi connectivity index (χ3v) is 2.90. The van der Waals surface area contributed by atoms with Crippen LogP contribution in [0.1, 0.15) is 36.4 Å². The molecule has 1 aromatic carbocycles. The molecule has 4 nitrogen and oxygen atoms in total. The number of ketones is 1. The van der Waals surface area contributed by atoms with Gasteiger partial charge in [0.2, 0.25) is 0 Å². The van der Waals surface area contributed by atoms with Gasteiger partial charge in [0.1, 0.15) is 5.75 Å². The third kappa shape index (κ3) is 1.30. The average molecular weight is 216 g/mol. The minimum absolute atomic E-state index is 0.0254. The molecule has 4 heteroatoms. The van der Waals surface area contributed by atoms with E-state index in [4.69, 9.17) is 0 Å². The first-order valence-electron chi connectivity index (χ1n) is 5.38. The number of phenols is 1. The van der Waals surface area contributed by atoms with Gasteiger partial charge in [-0.2, -0.15) is 0 Å². The molecule has 3 rings (SSSR count). The summed E-state index contributed by atoms with van der Waals surface area (Å²) >= 11 is 0. The monoisotopic (exact) mass is 216 g/mol. The number of imidazole rings is 1. The number of rotatable bonds is 2. The summed E-state index contributed by atoms with van der Waals surface area (Å²) < 4.78 is 1.96. The lowest BCUT2D eigenvalue weighted by Crippen LogP contribution is -2.05. The van der Waals surface area contributed by atoms with Gasteiger partial charge in [-0.1, -0.05) is 0 Å². The molecule has 2 aromatic rings. The van der Waals surface area contributed by atoms with E-state index in [0.717, 1.165) is 23.9 Å². The molecule has 0 aliphatic heterocycles. The largest absolute Gasteiger partial charge is 0.508 e. The van der Waals surface area contributed by atoms with Crippen LogP contribution in [0, 0.1) is 0 Å². The number of carbonyl (C=O) groups excluding carboxylic acids is 1. The molecule has 1 aliphatic carbocycles. The van der Waals surface area contributed by atoms with Gasteiger partial charge >= 0.3 is 0 Å². The normalized spacial score (nSPS) is 15.6. The molecule has 0 bridgehead atoms. The summed E-state index contributed by atoms with van der Waals surface area (Å²) in [5.74, 6) is 0.690. The Kier molecular flexibility index (Phi) is 1.80. The summed E-state index contributed by atoms with van der Waals surface area (Å²) in [4.78, 5) is 15.8. The molecule has 0 amide bonds. The Morgan fingerprint density at radius 3 is 2.88 bits per heavy atom. The van der Waals surface area contributed by atoms with Gasteiger partial charge in [-0.15, -0.1) is 0 Å². The van der Waals surface area contributed by atoms with Gasteiger partial charge in [0.05, 0.1) is 11.0 Å². The second-order valence-electron chi connectivity index (χ2n) is 4.27. The molecule has 1 saturated carbocycles. The maximum atomic E-state index is 11.5. The number of phenolic OH excluding ortho intramolecular Hbond substituents is 1. The van der Waals surface area contributed by atoms with Crippen LogP contribution in [0.15, 0.2) is 18.2 Å². The molecule has 0 atom stereocenters. The van der Waals surface area contributed by atoms with Gasteiger partial charge in [-0.05, 0) is 25.0 Å². The Morgan fingerprint density at radius 1 is 1.50 bits per heavy atom. The Morgan fingerprint density at radius 2 is 2.25 bits per heavy atom. The van der Waals surface area contributed by atoms with Crippen LogP contribution in [0.5, 0.6) is 5.75 Å². The number of hydrogen-bond acceptors (Lipinski definition) is 3. The zero-order chi connectivity index (χ0) is 11.3. The standard InChI is InChI=1S/C12H12N2O2/c1-7(15)12-13-10-5-4-9(16)6-11(10)14(12)8-2-3-8/h4-6,8,16H,2-3H2,1H3. The second-order valence-corrected chi connectivity index (χ2v) is 4.27. The molecule has 1 heterocycles. The van der Waals surface area contributed by atoms with Gasteiger partial charge in [0.25, 0.3) is 0 Å². The second kappa shape index (κ2) is 3.07. The summed E-state index contributed by atoms with van der Waals surface area (Å²) in [6, 6.07) is 5.39.